The number of rotatable bonds is 2. The number of hydrogen-bond acceptors (Lipinski definition) is 5. The van der Waals surface area contributed by atoms with E-state index in [4.69, 9.17) is 5.26 Å². The Bertz CT molecular complexity index is 456. The molecule has 0 saturated carbocycles. The smallest absolute Gasteiger partial charge is 0.139 e. The number of β-amino-alcohol motifs (C(OH)–C–C–N with tert-alkyl or cyclic N) is 1. The molecule has 0 amide bonds. The van der Waals surface area contributed by atoms with Gasteiger partial charge in [0.05, 0.1) is 11.3 Å². The monoisotopic (exact) mass is 247 g/mol. The summed E-state index contributed by atoms with van der Waals surface area (Å²) in [5.74, 6) is 0. The zero-order valence-electron chi connectivity index (χ0n) is 10.3. The van der Waals surface area contributed by atoms with E-state index in [2.05, 4.69) is 6.07 Å². The van der Waals surface area contributed by atoms with Gasteiger partial charge in [-0.2, -0.15) is 5.26 Å². The molecule has 96 valence electrons. The van der Waals surface area contributed by atoms with Gasteiger partial charge in [-0.25, -0.2) is 0 Å². The van der Waals surface area contributed by atoms with Gasteiger partial charge in [-0.15, -0.1) is 0 Å². The largest absolute Gasteiger partial charge is 0.379 e. The van der Waals surface area contributed by atoms with E-state index in [1.54, 1.807) is 28.9 Å². The maximum Gasteiger partial charge on any atom is 0.139 e. The molecule has 0 bridgehead atoms. The van der Waals surface area contributed by atoms with Crippen LogP contribution in [-0.2, 0) is 0 Å². The molecule has 1 aliphatic rings. The van der Waals surface area contributed by atoms with Crippen LogP contribution in [0, 0.1) is 11.3 Å². The number of para-hydroxylation sites is 1. The summed E-state index contributed by atoms with van der Waals surface area (Å²) in [6.07, 6.45) is -1.27. The van der Waals surface area contributed by atoms with E-state index < -0.39 is 12.5 Å². The predicted molar refractivity (Wildman–Crippen MR) is 67.8 cm³/mol. The van der Waals surface area contributed by atoms with Crippen LogP contribution in [0.5, 0.6) is 0 Å². The van der Waals surface area contributed by atoms with Gasteiger partial charge >= 0.3 is 0 Å². The molecule has 2 N–H and O–H groups in total. The Morgan fingerprint density at radius 1 is 1.39 bits per heavy atom. The highest BCUT2D eigenvalue weighted by atomic mass is 16.3. The second-order valence-corrected chi connectivity index (χ2v) is 4.43. The Labute approximate surface area is 106 Å². The van der Waals surface area contributed by atoms with Gasteiger partial charge in [0.15, 0.2) is 0 Å². The van der Waals surface area contributed by atoms with Crippen molar-refractivity contribution >= 4 is 5.69 Å². The molecule has 0 spiro atoms. The number of benzene rings is 1. The maximum absolute atomic E-state index is 10.1. The molecule has 0 aliphatic carbocycles. The Balaban J connectivity index is 2.18. The molecule has 2 rings (SSSR count). The lowest BCUT2D eigenvalue weighted by Crippen LogP contribution is -2.55. The van der Waals surface area contributed by atoms with Gasteiger partial charge in [0.25, 0.3) is 0 Å². The molecule has 2 atom stereocenters. The molecule has 1 aliphatic heterocycles. The number of nitrogens with zero attached hydrogens (tertiary/aromatic N) is 3. The third-order valence-electron chi connectivity index (χ3n) is 3.25. The number of aliphatic hydroxyl groups excluding tert-OH is 2. The highest BCUT2D eigenvalue weighted by molar-refractivity contribution is 5.59. The number of piperazine rings is 1. The third kappa shape index (κ3) is 2.46. The zero-order chi connectivity index (χ0) is 13.1. The summed E-state index contributed by atoms with van der Waals surface area (Å²) in [6.45, 7) is 3.31. The number of anilines is 1. The minimum Gasteiger partial charge on any atom is -0.379 e. The lowest BCUT2D eigenvalue weighted by Gasteiger charge is -2.41. The van der Waals surface area contributed by atoms with E-state index in [1.165, 1.54) is 0 Å². The van der Waals surface area contributed by atoms with Crippen LogP contribution in [0.1, 0.15) is 12.5 Å². The normalized spacial score (nSPS) is 22.6. The molecule has 1 aromatic rings. The van der Waals surface area contributed by atoms with Crippen LogP contribution in [0.15, 0.2) is 24.3 Å². The van der Waals surface area contributed by atoms with Crippen LogP contribution in [0.25, 0.3) is 0 Å². The van der Waals surface area contributed by atoms with Gasteiger partial charge in [-0.1, -0.05) is 12.1 Å². The third-order valence-corrected chi connectivity index (χ3v) is 3.25. The van der Waals surface area contributed by atoms with Gasteiger partial charge < -0.3 is 15.1 Å². The Morgan fingerprint density at radius 2 is 2.11 bits per heavy atom. The first-order chi connectivity index (χ1) is 8.63. The van der Waals surface area contributed by atoms with Gasteiger partial charge in [0.1, 0.15) is 18.5 Å². The SMILES string of the molecule is CC(O)N1CCN(c2ccccc2C#N)C(O)C1. The van der Waals surface area contributed by atoms with Crippen molar-refractivity contribution < 1.29 is 10.2 Å². The minimum atomic E-state index is -0.706. The summed E-state index contributed by atoms with van der Waals surface area (Å²) in [4.78, 5) is 3.60. The molecule has 0 aromatic heterocycles. The topological polar surface area (TPSA) is 70.7 Å². The second kappa shape index (κ2) is 5.36. The van der Waals surface area contributed by atoms with E-state index in [1.807, 2.05) is 12.1 Å². The molecule has 1 fully saturated rings. The average Bonchev–Trinajstić information content (AvgIpc) is 2.38. The van der Waals surface area contributed by atoms with Crippen LogP contribution >= 0.6 is 0 Å². The fourth-order valence-corrected chi connectivity index (χ4v) is 2.22. The maximum atomic E-state index is 10.1. The molecular formula is C13H17N3O2. The van der Waals surface area contributed by atoms with Gasteiger partial charge in [0, 0.05) is 19.6 Å². The Hall–Kier alpha value is -1.61. The lowest BCUT2D eigenvalue weighted by molar-refractivity contribution is -0.0263. The van der Waals surface area contributed by atoms with Crippen molar-refractivity contribution in [1.29, 1.82) is 5.26 Å². The number of aliphatic hydroxyl groups is 2. The molecule has 18 heavy (non-hydrogen) atoms. The summed E-state index contributed by atoms with van der Waals surface area (Å²) in [7, 11) is 0. The van der Waals surface area contributed by atoms with Gasteiger partial charge in [-0.05, 0) is 19.1 Å². The van der Waals surface area contributed by atoms with Gasteiger partial charge in [0.2, 0.25) is 0 Å². The van der Waals surface area contributed by atoms with Crippen LogP contribution in [0.2, 0.25) is 0 Å². The summed E-state index contributed by atoms with van der Waals surface area (Å²) < 4.78 is 0. The van der Waals surface area contributed by atoms with Crippen LogP contribution < -0.4 is 4.90 Å². The van der Waals surface area contributed by atoms with Crippen molar-refractivity contribution in [3.05, 3.63) is 29.8 Å². The molecule has 1 heterocycles. The fraction of sp³-hybridized carbons (Fsp3) is 0.462. The van der Waals surface area contributed by atoms with E-state index >= 15 is 0 Å². The first-order valence-electron chi connectivity index (χ1n) is 5.99. The van der Waals surface area contributed by atoms with Crippen LogP contribution in [0.4, 0.5) is 5.69 Å². The first kappa shape index (κ1) is 12.8. The highest BCUT2D eigenvalue weighted by Gasteiger charge is 2.28. The summed E-state index contributed by atoms with van der Waals surface area (Å²) >= 11 is 0. The Morgan fingerprint density at radius 3 is 2.72 bits per heavy atom. The van der Waals surface area contributed by atoms with E-state index in [0.29, 0.717) is 25.2 Å². The molecule has 5 heteroatoms. The lowest BCUT2D eigenvalue weighted by atomic mass is 10.1. The minimum absolute atomic E-state index is 0.372. The van der Waals surface area contributed by atoms with Crippen molar-refractivity contribution in [2.75, 3.05) is 24.5 Å². The average molecular weight is 247 g/mol. The second-order valence-electron chi connectivity index (χ2n) is 4.43. The quantitative estimate of drug-likeness (QED) is 0.788. The fourth-order valence-electron chi connectivity index (χ4n) is 2.22. The van der Waals surface area contributed by atoms with Crippen molar-refractivity contribution in [3.8, 4) is 6.07 Å². The summed E-state index contributed by atoms with van der Waals surface area (Å²) in [5, 5.41) is 28.7. The van der Waals surface area contributed by atoms with Gasteiger partial charge in [-0.3, -0.25) is 4.90 Å². The molecule has 5 nitrogen and oxygen atoms in total. The van der Waals surface area contributed by atoms with Crippen molar-refractivity contribution in [1.82, 2.24) is 4.90 Å². The zero-order valence-corrected chi connectivity index (χ0v) is 10.3. The first-order valence-corrected chi connectivity index (χ1v) is 5.99. The Kier molecular flexibility index (Phi) is 3.82. The van der Waals surface area contributed by atoms with E-state index in [0.717, 1.165) is 5.69 Å². The highest BCUT2D eigenvalue weighted by Crippen LogP contribution is 2.23. The van der Waals surface area contributed by atoms with E-state index in [9.17, 15) is 10.2 Å². The van der Waals surface area contributed by atoms with Crippen molar-refractivity contribution in [3.63, 3.8) is 0 Å². The molecule has 2 unspecified atom stereocenters. The molecule has 0 radical (unpaired) electrons. The summed E-state index contributed by atoms with van der Waals surface area (Å²) in [6, 6.07) is 9.36. The predicted octanol–water partition coefficient (Wildman–Crippen LogP) is 0.337. The molecular weight excluding hydrogens is 230 g/mol. The number of nitriles is 1. The standard InChI is InChI=1S/C13H17N3O2/c1-10(17)15-6-7-16(13(18)9-15)12-5-3-2-4-11(12)8-14/h2-5,10,13,17-18H,6-7,9H2,1H3. The van der Waals surface area contributed by atoms with Crippen LogP contribution in [0.3, 0.4) is 0 Å². The van der Waals surface area contributed by atoms with Crippen LogP contribution in [-0.4, -0.2) is 47.2 Å². The molecule has 1 aromatic carbocycles. The van der Waals surface area contributed by atoms with E-state index in [-0.39, 0.29) is 0 Å². The number of hydrogen-bond donors (Lipinski definition) is 2. The van der Waals surface area contributed by atoms with Crippen molar-refractivity contribution in [2.24, 2.45) is 0 Å². The molecule has 1 saturated heterocycles. The summed E-state index contributed by atoms with van der Waals surface area (Å²) in [5.41, 5.74) is 1.31. The van der Waals surface area contributed by atoms with Crippen molar-refractivity contribution in [2.45, 2.75) is 19.4 Å².